The number of anilines is 1. The van der Waals surface area contributed by atoms with Crippen molar-refractivity contribution < 1.29 is 4.79 Å². The molecule has 1 aromatic carbocycles. The van der Waals surface area contributed by atoms with Crippen LogP contribution in [0.1, 0.15) is 17.3 Å². The molecule has 1 saturated heterocycles. The molecule has 0 N–H and O–H groups in total. The number of hydrogen-bond acceptors (Lipinski definition) is 4. The Kier molecular flexibility index (Phi) is 4.66. The number of benzene rings is 1. The first-order valence-corrected chi connectivity index (χ1v) is 7.03. The monoisotopic (exact) mass is 264 g/mol. The van der Waals surface area contributed by atoms with E-state index in [0.29, 0.717) is 0 Å². The number of carbonyl (C=O) groups is 1. The van der Waals surface area contributed by atoms with Gasteiger partial charge in [-0.1, -0.05) is 0 Å². The summed E-state index contributed by atoms with van der Waals surface area (Å²) in [6, 6.07) is 7.92. The zero-order valence-corrected chi connectivity index (χ0v) is 11.7. The fourth-order valence-electron chi connectivity index (χ4n) is 2.28. The van der Waals surface area contributed by atoms with Crippen LogP contribution >= 0.6 is 12.6 Å². The van der Waals surface area contributed by atoms with E-state index in [9.17, 15) is 4.79 Å². The van der Waals surface area contributed by atoms with Gasteiger partial charge in [-0.15, -0.1) is 0 Å². The van der Waals surface area contributed by atoms with E-state index < -0.39 is 0 Å². The van der Waals surface area contributed by atoms with Crippen LogP contribution in [0.5, 0.6) is 0 Å². The number of nitrogens with zero attached hydrogens (tertiary/aromatic N) is 2. The van der Waals surface area contributed by atoms with Crippen molar-refractivity contribution in [2.75, 3.05) is 43.4 Å². The Labute approximate surface area is 114 Å². The third-order valence-electron chi connectivity index (χ3n) is 3.43. The normalized spacial score (nSPS) is 16.9. The van der Waals surface area contributed by atoms with Gasteiger partial charge in [0.05, 0.1) is 0 Å². The van der Waals surface area contributed by atoms with E-state index >= 15 is 0 Å². The van der Waals surface area contributed by atoms with Gasteiger partial charge in [0.15, 0.2) is 5.78 Å². The highest BCUT2D eigenvalue weighted by Gasteiger charge is 2.16. The molecule has 0 radical (unpaired) electrons. The lowest BCUT2D eigenvalue weighted by Gasteiger charge is -2.35. The smallest absolute Gasteiger partial charge is 0.159 e. The maximum absolute atomic E-state index is 11.2. The minimum atomic E-state index is 0.125. The SMILES string of the molecule is CC(=O)c1ccc(N2CCN(CCS)CC2)cc1. The predicted octanol–water partition coefficient (Wildman–Crippen LogP) is 1.94. The molecule has 0 aliphatic carbocycles. The van der Waals surface area contributed by atoms with E-state index in [4.69, 9.17) is 0 Å². The number of carbonyl (C=O) groups excluding carboxylic acids is 1. The van der Waals surface area contributed by atoms with Gasteiger partial charge in [-0.25, -0.2) is 0 Å². The molecule has 0 unspecified atom stereocenters. The Morgan fingerprint density at radius 2 is 1.78 bits per heavy atom. The Bertz CT molecular complexity index is 397. The summed E-state index contributed by atoms with van der Waals surface area (Å²) >= 11 is 4.27. The summed E-state index contributed by atoms with van der Waals surface area (Å²) in [5.41, 5.74) is 2.00. The van der Waals surface area contributed by atoms with E-state index in [-0.39, 0.29) is 5.78 Å². The zero-order valence-electron chi connectivity index (χ0n) is 10.8. The van der Waals surface area contributed by atoms with Gasteiger partial charge >= 0.3 is 0 Å². The highest BCUT2D eigenvalue weighted by atomic mass is 32.1. The third-order valence-corrected chi connectivity index (χ3v) is 3.63. The maximum Gasteiger partial charge on any atom is 0.159 e. The van der Waals surface area contributed by atoms with E-state index in [0.717, 1.165) is 44.0 Å². The van der Waals surface area contributed by atoms with E-state index in [1.165, 1.54) is 5.69 Å². The molecule has 1 aliphatic heterocycles. The average molecular weight is 264 g/mol. The molecule has 0 saturated carbocycles. The summed E-state index contributed by atoms with van der Waals surface area (Å²) in [5, 5.41) is 0. The molecule has 0 amide bonds. The Morgan fingerprint density at radius 3 is 2.28 bits per heavy atom. The molecule has 2 rings (SSSR count). The van der Waals surface area contributed by atoms with Crippen molar-refractivity contribution in [1.29, 1.82) is 0 Å². The largest absolute Gasteiger partial charge is 0.369 e. The van der Waals surface area contributed by atoms with Crippen LogP contribution in [0.2, 0.25) is 0 Å². The number of ketones is 1. The summed E-state index contributed by atoms with van der Waals surface area (Å²) in [7, 11) is 0. The first-order valence-electron chi connectivity index (χ1n) is 6.40. The molecule has 1 aliphatic rings. The van der Waals surface area contributed by atoms with Crippen molar-refractivity contribution >= 4 is 24.1 Å². The van der Waals surface area contributed by atoms with Crippen molar-refractivity contribution in [3.05, 3.63) is 29.8 Å². The number of Topliss-reactive ketones (excluding diaryl/α,β-unsaturated/α-hetero) is 1. The van der Waals surface area contributed by atoms with E-state index in [2.05, 4.69) is 22.4 Å². The van der Waals surface area contributed by atoms with Crippen LogP contribution in [0.25, 0.3) is 0 Å². The molecule has 4 heteroatoms. The van der Waals surface area contributed by atoms with Gasteiger partial charge in [-0.05, 0) is 31.2 Å². The second-order valence-electron chi connectivity index (χ2n) is 4.66. The topological polar surface area (TPSA) is 23.6 Å². The van der Waals surface area contributed by atoms with E-state index in [1.807, 2.05) is 24.3 Å². The third kappa shape index (κ3) is 3.27. The second kappa shape index (κ2) is 6.25. The first-order chi connectivity index (χ1) is 8.70. The molecule has 0 spiro atoms. The van der Waals surface area contributed by atoms with Crippen LogP contribution in [-0.4, -0.2) is 49.2 Å². The van der Waals surface area contributed by atoms with Crippen LogP contribution < -0.4 is 4.90 Å². The van der Waals surface area contributed by atoms with E-state index in [1.54, 1.807) is 6.92 Å². The maximum atomic E-state index is 11.2. The highest BCUT2D eigenvalue weighted by molar-refractivity contribution is 7.80. The van der Waals surface area contributed by atoms with Gasteiger partial charge in [0.1, 0.15) is 0 Å². The second-order valence-corrected chi connectivity index (χ2v) is 5.10. The summed E-state index contributed by atoms with van der Waals surface area (Å²) in [6.07, 6.45) is 0. The molecule has 3 nitrogen and oxygen atoms in total. The predicted molar refractivity (Wildman–Crippen MR) is 79.0 cm³/mol. The molecule has 98 valence electrons. The Morgan fingerprint density at radius 1 is 1.17 bits per heavy atom. The van der Waals surface area contributed by atoms with Crippen molar-refractivity contribution in [1.82, 2.24) is 4.90 Å². The lowest BCUT2D eigenvalue weighted by molar-refractivity contribution is 0.101. The fraction of sp³-hybridized carbons (Fsp3) is 0.500. The van der Waals surface area contributed by atoms with Gasteiger partial charge in [-0.2, -0.15) is 12.6 Å². The number of hydrogen-bond donors (Lipinski definition) is 1. The molecule has 0 bridgehead atoms. The molecule has 1 aromatic rings. The summed E-state index contributed by atoms with van der Waals surface area (Å²) in [4.78, 5) is 16.0. The molecule has 0 aromatic heterocycles. The van der Waals surface area contributed by atoms with Crippen LogP contribution in [0.15, 0.2) is 24.3 Å². The minimum absolute atomic E-state index is 0.125. The molecule has 1 fully saturated rings. The van der Waals surface area contributed by atoms with Crippen molar-refractivity contribution in [2.24, 2.45) is 0 Å². The molecular formula is C14H20N2OS. The first kappa shape index (κ1) is 13.4. The summed E-state index contributed by atoms with van der Waals surface area (Å²) in [5.74, 6) is 1.05. The van der Waals surface area contributed by atoms with Crippen LogP contribution in [0.4, 0.5) is 5.69 Å². The van der Waals surface area contributed by atoms with Gasteiger partial charge in [0.25, 0.3) is 0 Å². The lowest BCUT2D eigenvalue weighted by atomic mass is 10.1. The molecular weight excluding hydrogens is 244 g/mol. The number of thiol groups is 1. The highest BCUT2D eigenvalue weighted by Crippen LogP contribution is 2.17. The van der Waals surface area contributed by atoms with Gasteiger partial charge in [0, 0.05) is 49.7 Å². The Balaban J connectivity index is 1.95. The van der Waals surface area contributed by atoms with Crippen LogP contribution in [0, 0.1) is 0 Å². The summed E-state index contributed by atoms with van der Waals surface area (Å²) < 4.78 is 0. The quantitative estimate of drug-likeness (QED) is 0.664. The summed E-state index contributed by atoms with van der Waals surface area (Å²) in [6.45, 7) is 6.95. The average Bonchev–Trinajstić information content (AvgIpc) is 2.40. The molecule has 1 heterocycles. The van der Waals surface area contributed by atoms with Crippen LogP contribution in [0.3, 0.4) is 0 Å². The Hall–Kier alpha value is -1.00. The van der Waals surface area contributed by atoms with Gasteiger partial charge in [-0.3, -0.25) is 9.69 Å². The number of piperazine rings is 1. The van der Waals surface area contributed by atoms with Crippen molar-refractivity contribution in [3.8, 4) is 0 Å². The lowest BCUT2D eigenvalue weighted by Crippen LogP contribution is -2.46. The van der Waals surface area contributed by atoms with Gasteiger partial charge in [0.2, 0.25) is 0 Å². The van der Waals surface area contributed by atoms with Crippen molar-refractivity contribution in [3.63, 3.8) is 0 Å². The zero-order chi connectivity index (χ0) is 13.0. The van der Waals surface area contributed by atoms with Gasteiger partial charge < -0.3 is 4.90 Å². The van der Waals surface area contributed by atoms with Crippen LogP contribution in [-0.2, 0) is 0 Å². The molecule has 18 heavy (non-hydrogen) atoms. The fourth-order valence-corrected chi connectivity index (χ4v) is 2.56. The standard InChI is InChI=1S/C14H20N2OS/c1-12(17)13-2-4-14(5-3-13)16-8-6-15(7-9-16)10-11-18/h2-5,18H,6-11H2,1H3. The molecule has 0 atom stereocenters. The number of rotatable bonds is 4. The van der Waals surface area contributed by atoms with Crippen molar-refractivity contribution in [2.45, 2.75) is 6.92 Å². The minimum Gasteiger partial charge on any atom is -0.369 e.